The molecule has 0 saturated carbocycles. The van der Waals surface area contributed by atoms with E-state index in [4.69, 9.17) is 10.5 Å². The molecule has 3 aromatic carbocycles. The second kappa shape index (κ2) is 8.15. The molecule has 0 unspecified atom stereocenters. The lowest BCUT2D eigenvalue weighted by Gasteiger charge is -2.20. The topological polar surface area (TPSA) is 55.5 Å². The number of ether oxygens (including phenoxy) is 1. The number of aliphatic hydroxyl groups is 1. The van der Waals surface area contributed by atoms with Gasteiger partial charge in [-0.25, -0.2) is 0 Å². The average molecular weight is 344 g/mol. The van der Waals surface area contributed by atoms with Crippen LogP contribution in [0.4, 0.5) is 0 Å². The van der Waals surface area contributed by atoms with Crippen LogP contribution in [0.25, 0.3) is 10.8 Å². The van der Waals surface area contributed by atoms with Crippen molar-refractivity contribution < 1.29 is 9.84 Å². The molecular weight excluding hydrogens is 322 g/mol. The largest absolute Gasteiger partial charge is 0.497 e. The van der Waals surface area contributed by atoms with Crippen LogP contribution < -0.4 is 10.5 Å². The maximum absolute atomic E-state index is 10.4. The molecule has 0 bridgehead atoms. The summed E-state index contributed by atoms with van der Waals surface area (Å²) in [6, 6.07) is 21.4. The lowest BCUT2D eigenvalue weighted by Crippen LogP contribution is -2.28. The smallest absolute Gasteiger partial charge is 0.119 e. The average Bonchev–Trinajstić information content (AvgIpc) is 2.61. The Morgan fingerprint density at radius 2 is 1.62 bits per heavy atom. The molecule has 24 heavy (non-hydrogen) atoms. The molecule has 3 nitrogen and oxygen atoms in total. The molecule has 3 rings (SSSR count). The standard InChI is InChI=1S/C20H21NO2.ClH/c1-23-18-10-9-15-12-17(8-7-16(15)13-18)20(21)19(22)11-14-5-3-2-4-6-14;/h2-10,12-13,19-20,22H,11,21H2,1H3;1H/t19-,20+;/m0./s1. The predicted octanol–water partition coefficient (Wildman–Crippen LogP) is 3.87. The molecule has 3 aromatic rings. The van der Waals surface area contributed by atoms with Crippen molar-refractivity contribution in [1.82, 2.24) is 0 Å². The van der Waals surface area contributed by atoms with Crippen LogP contribution in [0.5, 0.6) is 5.75 Å². The summed E-state index contributed by atoms with van der Waals surface area (Å²) in [7, 11) is 1.66. The zero-order valence-corrected chi connectivity index (χ0v) is 14.4. The third-order valence-electron chi connectivity index (χ3n) is 4.16. The number of nitrogens with two attached hydrogens (primary N) is 1. The predicted molar refractivity (Wildman–Crippen MR) is 101 cm³/mol. The van der Waals surface area contributed by atoms with Crippen molar-refractivity contribution in [3.63, 3.8) is 0 Å². The highest BCUT2D eigenvalue weighted by molar-refractivity contribution is 5.85. The number of rotatable bonds is 5. The molecule has 0 heterocycles. The molecule has 0 fully saturated rings. The maximum atomic E-state index is 10.4. The molecule has 3 N–H and O–H groups in total. The Kier molecular flexibility index (Phi) is 6.21. The Morgan fingerprint density at radius 3 is 2.33 bits per heavy atom. The lowest BCUT2D eigenvalue weighted by molar-refractivity contribution is 0.145. The summed E-state index contributed by atoms with van der Waals surface area (Å²) in [6.07, 6.45) is -0.0732. The van der Waals surface area contributed by atoms with E-state index in [9.17, 15) is 5.11 Å². The number of fused-ring (bicyclic) bond motifs is 1. The van der Waals surface area contributed by atoms with Gasteiger partial charge in [-0.1, -0.05) is 48.5 Å². The zero-order valence-electron chi connectivity index (χ0n) is 13.6. The summed E-state index contributed by atoms with van der Waals surface area (Å²) in [6.45, 7) is 0. The van der Waals surface area contributed by atoms with Crippen LogP contribution in [0.2, 0.25) is 0 Å². The third-order valence-corrected chi connectivity index (χ3v) is 4.16. The summed E-state index contributed by atoms with van der Waals surface area (Å²) < 4.78 is 5.24. The fraction of sp³-hybridized carbons (Fsp3) is 0.200. The first-order valence-electron chi connectivity index (χ1n) is 7.72. The molecule has 4 heteroatoms. The minimum absolute atomic E-state index is 0. The first-order chi connectivity index (χ1) is 11.2. The molecule has 0 saturated heterocycles. The Balaban J connectivity index is 0.00000208. The molecule has 0 amide bonds. The van der Waals surface area contributed by atoms with Crippen LogP contribution in [0, 0.1) is 0 Å². The number of hydrogen-bond acceptors (Lipinski definition) is 3. The normalized spacial score (nSPS) is 13.1. The number of halogens is 1. The van der Waals surface area contributed by atoms with Crippen LogP contribution in [0.3, 0.4) is 0 Å². The molecule has 126 valence electrons. The Bertz CT molecular complexity index is 792. The van der Waals surface area contributed by atoms with Crippen molar-refractivity contribution in [1.29, 1.82) is 0 Å². The van der Waals surface area contributed by atoms with Gasteiger partial charge in [0.25, 0.3) is 0 Å². The van der Waals surface area contributed by atoms with E-state index >= 15 is 0 Å². The monoisotopic (exact) mass is 343 g/mol. The Morgan fingerprint density at radius 1 is 0.958 bits per heavy atom. The van der Waals surface area contributed by atoms with E-state index in [1.807, 2.05) is 66.7 Å². The second-order valence-corrected chi connectivity index (χ2v) is 5.76. The van der Waals surface area contributed by atoms with Crippen molar-refractivity contribution in [2.75, 3.05) is 7.11 Å². The summed E-state index contributed by atoms with van der Waals surface area (Å²) in [5.41, 5.74) is 8.28. The fourth-order valence-corrected chi connectivity index (χ4v) is 2.78. The second-order valence-electron chi connectivity index (χ2n) is 5.76. The molecular formula is C20H22ClNO2. The van der Waals surface area contributed by atoms with Crippen molar-refractivity contribution in [3.8, 4) is 5.75 Å². The van der Waals surface area contributed by atoms with E-state index in [0.29, 0.717) is 6.42 Å². The van der Waals surface area contributed by atoms with Gasteiger partial charge >= 0.3 is 0 Å². The summed E-state index contributed by atoms with van der Waals surface area (Å²) in [5, 5.41) is 12.6. The van der Waals surface area contributed by atoms with Gasteiger partial charge in [-0.2, -0.15) is 0 Å². The maximum Gasteiger partial charge on any atom is 0.119 e. The van der Waals surface area contributed by atoms with E-state index in [1.54, 1.807) is 7.11 Å². The lowest BCUT2D eigenvalue weighted by atomic mass is 9.95. The van der Waals surface area contributed by atoms with Gasteiger partial charge in [-0.3, -0.25) is 0 Å². The molecule has 0 aliphatic rings. The molecule has 0 aliphatic heterocycles. The third kappa shape index (κ3) is 4.06. The van der Waals surface area contributed by atoms with E-state index in [0.717, 1.165) is 27.6 Å². The van der Waals surface area contributed by atoms with E-state index in [-0.39, 0.29) is 12.4 Å². The van der Waals surface area contributed by atoms with Crippen molar-refractivity contribution in [2.24, 2.45) is 5.73 Å². The number of hydrogen-bond donors (Lipinski definition) is 2. The quantitative estimate of drug-likeness (QED) is 0.739. The first kappa shape index (κ1) is 18.3. The van der Waals surface area contributed by atoms with E-state index < -0.39 is 12.1 Å². The minimum Gasteiger partial charge on any atom is -0.497 e. The van der Waals surface area contributed by atoms with Crippen molar-refractivity contribution in [3.05, 3.63) is 77.9 Å². The van der Waals surface area contributed by atoms with Crippen LogP contribution >= 0.6 is 12.4 Å². The summed E-state index contributed by atoms with van der Waals surface area (Å²) in [5.74, 6) is 0.832. The zero-order chi connectivity index (χ0) is 16.2. The SMILES string of the molecule is COc1ccc2cc([C@@H](N)[C@@H](O)Cc3ccccc3)ccc2c1.Cl. The van der Waals surface area contributed by atoms with Crippen LogP contribution in [-0.2, 0) is 6.42 Å². The van der Waals surface area contributed by atoms with Crippen molar-refractivity contribution >= 4 is 23.2 Å². The molecule has 0 aromatic heterocycles. The van der Waals surface area contributed by atoms with Gasteiger partial charge in [0.1, 0.15) is 5.75 Å². The summed E-state index contributed by atoms with van der Waals surface area (Å²) in [4.78, 5) is 0. The van der Waals surface area contributed by atoms with Gasteiger partial charge in [0.2, 0.25) is 0 Å². The van der Waals surface area contributed by atoms with E-state index in [2.05, 4.69) is 0 Å². The molecule has 0 aliphatic carbocycles. The van der Waals surface area contributed by atoms with Crippen molar-refractivity contribution in [2.45, 2.75) is 18.6 Å². The molecule has 0 radical (unpaired) electrons. The van der Waals surface area contributed by atoms with Gasteiger partial charge in [0, 0.05) is 6.42 Å². The van der Waals surface area contributed by atoms with Crippen LogP contribution in [0.1, 0.15) is 17.2 Å². The molecule has 2 atom stereocenters. The highest BCUT2D eigenvalue weighted by Gasteiger charge is 2.17. The van der Waals surface area contributed by atoms with Crippen LogP contribution in [0.15, 0.2) is 66.7 Å². The Hall–Kier alpha value is -2.07. The fourth-order valence-electron chi connectivity index (χ4n) is 2.78. The molecule has 0 spiro atoms. The minimum atomic E-state index is -0.618. The number of aliphatic hydroxyl groups excluding tert-OH is 1. The van der Waals surface area contributed by atoms with Gasteiger partial charge < -0.3 is 15.6 Å². The van der Waals surface area contributed by atoms with E-state index in [1.165, 1.54) is 0 Å². The van der Waals surface area contributed by atoms with Gasteiger partial charge in [0.15, 0.2) is 0 Å². The Labute approximate surface area is 148 Å². The van der Waals surface area contributed by atoms with Gasteiger partial charge in [-0.15, -0.1) is 12.4 Å². The highest BCUT2D eigenvalue weighted by Crippen LogP contribution is 2.25. The first-order valence-corrected chi connectivity index (χ1v) is 7.72. The van der Waals surface area contributed by atoms with Gasteiger partial charge in [-0.05, 0) is 40.1 Å². The summed E-state index contributed by atoms with van der Waals surface area (Å²) >= 11 is 0. The number of methoxy groups -OCH3 is 1. The van der Waals surface area contributed by atoms with Crippen LogP contribution in [-0.4, -0.2) is 18.3 Å². The highest BCUT2D eigenvalue weighted by atomic mass is 35.5. The van der Waals surface area contributed by atoms with Gasteiger partial charge in [0.05, 0.1) is 19.3 Å². The number of benzene rings is 3.